The van der Waals surface area contributed by atoms with E-state index < -0.39 is 0 Å². The number of benzene rings is 2. The summed E-state index contributed by atoms with van der Waals surface area (Å²) >= 11 is 0. The highest BCUT2D eigenvalue weighted by atomic mass is 16.3. The lowest BCUT2D eigenvalue weighted by molar-refractivity contribution is -0.116. The summed E-state index contributed by atoms with van der Waals surface area (Å²) in [5.41, 5.74) is 3.17. The van der Waals surface area contributed by atoms with Crippen molar-refractivity contribution in [3.8, 4) is 0 Å². The largest absolute Gasteiger partial charge is 0.464 e. The molecule has 1 amide bonds. The van der Waals surface area contributed by atoms with Crippen LogP contribution in [0.1, 0.15) is 53.5 Å². The molecule has 3 nitrogen and oxygen atoms in total. The van der Waals surface area contributed by atoms with Crippen molar-refractivity contribution in [3.05, 3.63) is 66.4 Å². The number of hydrogen-bond acceptors (Lipinski definition) is 2. The number of fused-ring (bicyclic) bond motifs is 2. The highest BCUT2D eigenvalue weighted by molar-refractivity contribution is 5.93. The van der Waals surface area contributed by atoms with Gasteiger partial charge in [0.15, 0.2) is 0 Å². The van der Waals surface area contributed by atoms with E-state index in [0.29, 0.717) is 6.42 Å². The van der Waals surface area contributed by atoms with Gasteiger partial charge in [-0.2, -0.15) is 0 Å². The molecule has 0 atom stereocenters. The van der Waals surface area contributed by atoms with E-state index >= 15 is 0 Å². The van der Waals surface area contributed by atoms with Gasteiger partial charge in [-0.3, -0.25) is 4.79 Å². The summed E-state index contributed by atoms with van der Waals surface area (Å²) in [6.07, 6.45) is 3.20. The molecule has 3 heteroatoms. The van der Waals surface area contributed by atoms with Gasteiger partial charge in [-0.25, -0.2) is 0 Å². The fourth-order valence-corrected chi connectivity index (χ4v) is 2.23. The zero-order valence-electron chi connectivity index (χ0n) is 17.0. The van der Waals surface area contributed by atoms with Crippen molar-refractivity contribution < 1.29 is 9.21 Å². The predicted molar refractivity (Wildman–Crippen MR) is 114 cm³/mol. The number of anilines is 1. The number of hydrogen-bond donors (Lipinski definition) is 1. The molecule has 2 aromatic carbocycles. The van der Waals surface area contributed by atoms with Gasteiger partial charge in [0, 0.05) is 17.5 Å². The number of carbonyl (C=O) groups is 1. The Bertz CT molecular complexity index is 701. The molecule has 0 spiro atoms. The third-order valence-corrected chi connectivity index (χ3v) is 3.27. The van der Waals surface area contributed by atoms with Gasteiger partial charge in [0.05, 0.1) is 6.26 Å². The number of rotatable bonds is 0. The van der Waals surface area contributed by atoms with Crippen LogP contribution in [0.25, 0.3) is 11.0 Å². The second kappa shape index (κ2) is 14.8. The molecule has 3 aromatic rings. The summed E-state index contributed by atoms with van der Waals surface area (Å²) in [6, 6.07) is 17.8. The van der Waals surface area contributed by atoms with Crippen molar-refractivity contribution in [2.75, 3.05) is 5.32 Å². The molecule has 0 bridgehead atoms. The molecule has 26 heavy (non-hydrogen) atoms. The van der Waals surface area contributed by atoms with Gasteiger partial charge in [-0.1, -0.05) is 77.9 Å². The normalized spacial score (nSPS) is 10.8. The molecule has 4 rings (SSSR count). The van der Waals surface area contributed by atoms with Gasteiger partial charge < -0.3 is 9.73 Å². The number of furan rings is 1. The standard InChI is InChI=1S/C9H9NO.C8H6O.3C2H6/c11-9-6-5-7-3-1-2-4-8(7)10-9;1-2-4-8-7(3-1)5-6-9-8;3*1-2/h1-4H,5-6H2,(H,10,11);1-6H;3*1-2H3. The quantitative estimate of drug-likeness (QED) is 0.468. The SMILES string of the molecule is CC.CC.CC.O=C1CCc2ccccc2N1.c1ccc2occc2c1. The molecule has 2 heterocycles. The third kappa shape index (κ3) is 7.56. The van der Waals surface area contributed by atoms with E-state index in [1.165, 1.54) is 5.56 Å². The van der Waals surface area contributed by atoms with Crippen molar-refractivity contribution >= 4 is 22.6 Å². The Morgan fingerprint density at radius 3 is 2.08 bits per heavy atom. The first-order valence-electron chi connectivity index (χ1n) is 9.63. The summed E-state index contributed by atoms with van der Waals surface area (Å²) in [7, 11) is 0. The zero-order valence-corrected chi connectivity index (χ0v) is 17.0. The lowest BCUT2D eigenvalue weighted by Gasteiger charge is -2.15. The molecular weight excluding hydrogens is 322 g/mol. The average molecular weight is 356 g/mol. The minimum atomic E-state index is 0.128. The van der Waals surface area contributed by atoms with Crippen molar-refractivity contribution in [2.24, 2.45) is 0 Å². The molecule has 1 aliphatic rings. The van der Waals surface area contributed by atoms with Crippen LogP contribution in [0.15, 0.2) is 65.3 Å². The fraction of sp³-hybridized carbons (Fsp3) is 0.348. The maximum absolute atomic E-state index is 10.9. The van der Waals surface area contributed by atoms with E-state index in [1.807, 2.05) is 90.1 Å². The van der Waals surface area contributed by atoms with Crippen LogP contribution in [-0.2, 0) is 11.2 Å². The number of para-hydroxylation sites is 2. The number of carbonyl (C=O) groups excluding carboxylic acids is 1. The van der Waals surface area contributed by atoms with E-state index in [0.717, 1.165) is 23.1 Å². The highest BCUT2D eigenvalue weighted by Crippen LogP contribution is 2.20. The lowest BCUT2D eigenvalue weighted by atomic mass is 10.0. The minimum Gasteiger partial charge on any atom is -0.464 e. The van der Waals surface area contributed by atoms with Crippen LogP contribution in [0.5, 0.6) is 0 Å². The van der Waals surface area contributed by atoms with E-state index in [1.54, 1.807) is 6.26 Å². The Morgan fingerprint density at radius 2 is 1.38 bits per heavy atom. The smallest absolute Gasteiger partial charge is 0.224 e. The molecule has 0 saturated heterocycles. The monoisotopic (exact) mass is 355 g/mol. The fourth-order valence-electron chi connectivity index (χ4n) is 2.23. The van der Waals surface area contributed by atoms with Gasteiger partial charge in [-0.05, 0) is 30.2 Å². The van der Waals surface area contributed by atoms with E-state index in [9.17, 15) is 4.79 Å². The topological polar surface area (TPSA) is 42.2 Å². The summed E-state index contributed by atoms with van der Waals surface area (Å²) in [6.45, 7) is 12.0. The van der Waals surface area contributed by atoms with E-state index in [4.69, 9.17) is 4.42 Å². The number of nitrogens with one attached hydrogen (secondary N) is 1. The molecule has 1 aliphatic heterocycles. The second-order valence-electron chi connectivity index (χ2n) is 4.66. The van der Waals surface area contributed by atoms with Gasteiger partial charge in [-0.15, -0.1) is 0 Å². The van der Waals surface area contributed by atoms with Crippen molar-refractivity contribution in [1.29, 1.82) is 0 Å². The summed E-state index contributed by atoms with van der Waals surface area (Å²) in [5, 5.41) is 3.99. The first kappa shape index (κ1) is 23.4. The molecule has 142 valence electrons. The third-order valence-electron chi connectivity index (χ3n) is 3.27. The van der Waals surface area contributed by atoms with Crippen molar-refractivity contribution in [3.63, 3.8) is 0 Å². The summed E-state index contributed by atoms with van der Waals surface area (Å²) in [5.74, 6) is 0.128. The second-order valence-corrected chi connectivity index (χ2v) is 4.66. The Hall–Kier alpha value is -2.55. The van der Waals surface area contributed by atoms with Gasteiger partial charge in [0.2, 0.25) is 5.91 Å². The van der Waals surface area contributed by atoms with Crippen molar-refractivity contribution in [1.82, 2.24) is 0 Å². The maximum atomic E-state index is 10.9. The molecular formula is C23H33NO2. The molecule has 0 fully saturated rings. The van der Waals surface area contributed by atoms with Gasteiger partial charge in [0.25, 0.3) is 0 Å². The molecule has 0 saturated carbocycles. The van der Waals surface area contributed by atoms with Crippen LogP contribution < -0.4 is 5.32 Å². The van der Waals surface area contributed by atoms with Crippen LogP contribution >= 0.6 is 0 Å². The van der Waals surface area contributed by atoms with Crippen LogP contribution in [-0.4, -0.2) is 5.91 Å². The first-order chi connectivity index (χ1) is 12.8. The van der Waals surface area contributed by atoms with E-state index in [-0.39, 0.29) is 5.91 Å². The van der Waals surface area contributed by atoms with Crippen molar-refractivity contribution in [2.45, 2.75) is 54.4 Å². The Balaban J connectivity index is 0.000000378. The molecule has 0 radical (unpaired) electrons. The zero-order chi connectivity index (χ0) is 19.8. The van der Waals surface area contributed by atoms with Crippen LogP contribution in [0, 0.1) is 0 Å². The Labute approximate surface area is 158 Å². The first-order valence-corrected chi connectivity index (χ1v) is 9.63. The van der Waals surface area contributed by atoms with E-state index in [2.05, 4.69) is 11.4 Å². The molecule has 0 unspecified atom stereocenters. The predicted octanol–water partition coefficient (Wildman–Crippen LogP) is 7.08. The van der Waals surface area contributed by atoms with Crippen LogP contribution in [0.4, 0.5) is 5.69 Å². The lowest BCUT2D eigenvalue weighted by Crippen LogP contribution is -2.18. The number of aryl methyl sites for hydroxylation is 1. The maximum Gasteiger partial charge on any atom is 0.224 e. The Morgan fingerprint density at radius 1 is 0.769 bits per heavy atom. The summed E-state index contributed by atoms with van der Waals surface area (Å²) in [4.78, 5) is 10.9. The molecule has 1 N–H and O–H groups in total. The van der Waals surface area contributed by atoms with Crippen LogP contribution in [0.3, 0.4) is 0 Å². The molecule has 1 aromatic heterocycles. The Kier molecular flexibility index (Phi) is 13.3. The van der Waals surface area contributed by atoms with Gasteiger partial charge in [0.1, 0.15) is 5.58 Å². The van der Waals surface area contributed by atoms with Crippen LogP contribution in [0.2, 0.25) is 0 Å². The average Bonchev–Trinajstić information content (AvgIpc) is 3.22. The summed E-state index contributed by atoms with van der Waals surface area (Å²) < 4.78 is 5.12. The van der Waals surface area contributed by atoms with Gasteiger partial charge >= 0.3 is 0 Å². The molecule has 0 aliphatic carbocycles. The highest BCUT2D eigenvalue weighted by Gasteiger charge is 2.12. The number of amides is 1. The minimum absolute atomic E-state index is 0.128.